The quantitative estimate of drug-likeness (QED) is 0.767. The molecule has 0 aliphatic carbocycles. The van der Waals surface area contributed by atoms with Gasteiger partial charge in [-0.2, -0.15) is 0 Å². The molecule has 0 aromatic heterocycles. The van der Waals surface area contributed by atoms with Crippen molar-refractivity contribution < 1.29 is 4.74 Å². The molecule has 0 heterocycles. The molecule has 0 bridgehead atoms. The van der Waals surface area contributed by atoms with Crippen LogP contribution >= 0.6 is 0 Å². The molecule has 0 spiro atoms. The standard InChI is InChI=1S/C14H23NO/c1-3-7-12(2)14(15)10-11-16-13-8-5-4-6-9-13/h4-6,8-9,12,14H,3,7,10-11,15H2,1-2H3. The summed E-state index contributed by atoms with van der Waals surface area (Å²) < 4.78 is 5.62. The third kappa shape index (κ3) is 4.67. The van der Waals surface area contributed by atoms with Crippen LogP contribution in [0.3, 0.4) is 0 Å². The van der Waals surface area contributed by atoms with Crippen molar-refractivity contribution >= 4 is 0 Å². The van der Waals surface area contributed by atoms with E-state index in [1.54, 1.807) is 0 Å². The fraction of sp³-hybridized carbons (Fsp3) is 0.571. The van der Waals surface area contributed by atoms with Gasteiger partial charge in [0.05, 0.1) is 6.61 Å². The smallest absolute Gasteiger partial charge is 0.119 e. The number of rotatable bonds is 7. The molecule has 2 atom stereocenters. The summed E-state index contributed by atoms with van der Waals surface area (Å²) in [6, 6.07) is 10.2. The van der Waals surface area contributed by atoms with Gasteiger partial charge in [-0.15, -0.1) is 0 Å². The van der Waals surface area contributed by atoms with E-state index in [4.69, 9.17) is 10.5 Å². The summed E-state index contributed by atoms with van der Waals surface area (Å²) in [5.74, 6) is 1.52. The highest BCUT2D eigenvalue weighted by Crippen LogP contribution is 2.13. The first kappa shape index (κ1) is 13.0. The predicted molar refractivity (Wildman–Crippen MR) is 68.6 cm³/mol. The topological polar surface area (TPSA) is 35.2 Å². The molecule has 0 saturated carbocycles. The van der Waals surface area contributed by atoms with Gasteiger partial charge < -0.3 is 10.5 Å². The van der Waals surface area contributed by atoms with Crippen LogP contribution in [0.1, 0.15) is 33.1 Å². The van der Waals surface area contributed by atoms with Gasteiger partial charge in [-0.05, 0) is 30.9 Å². The van der Waals surface area contributed by atoms with Crippen molar-refractivity contribution in [3.05, 3.63) is 30.3 Å². The molecule has 1 aromatic rings. The Bertz CT molecular complexity index is 273. The molecular weight excluding hydrogens is 198 g/mol. The highest BCUT2D eigenvalue weighted by atomic mass is 16.5. The number of nitrogens with two attached hydrogens (primary N) is 1. The molecule has 16 heavy (non-hydrogen) atoms. The molecule has 2 nitrogen and oxygen atoms in total. The summed E-state index contributed by atoms with van der Waals surface area (Å²) >= 11 is 0. The van der Waals surface area contributed by atoms with Crippen molar-refractivity contribution in [2.75, 3.05) is 6.61 Å². The number of ether oxygens (including phenoxy) is 1. The van der Waals surface area contributed by atoms with Gasteiger partial charge in [-0.3, -0.25) is 0 Å². The lowest BCUT2D eigenvalue weighted by atomic mass is 9.95. The van der Waals surface area contributed by atoms with E-state index in [1.807, 2.05) is 30.3 Å². The Morgan fingerprint density at radius 3 is 2.50 bits per heavy atom. The first-order valence-electron chi connectivity index (χ1n) is 6.17. The van der Waals surface area contributed by atoms with Gasteiger partial charge in [0, 0.05) is 6.04 Å². The van der Waals surface area contributed by atoms with Crippen LogP contribution in [0.25, 0.3) is 0 Å². The zero-order valence-electron chi connectivity index (χ0n) is 10.4. The summed E-state index contributed by atoms with van der Waals surface area (Å²) in [5.41, 5.74) is 6.09. The fourth-order valence-corrected chi connectivity index (χ4v) is 1.78. The molecule has 0 fully saturated rings. The summed E-state index contributed by atoms with van der Waals surface area (Å²) in [4.78, 5) is 0. The Balaban J connectivity index is 2.20. The number of benzene rings is 1. The second kappa shape index (κ2) is 7.29. The molecule has 2 N–H and O–H groups in total. The Labute approximate surface area is 98.8 Å². The first-order chi connectivity index (χ1) is 7.74. The van der Waals surface area contributed by atoms with Gasteiger partial charge in [0.1, 0.15) is 5.75 Å². The average molecular weight is 221 g/mol. The highest BCUT2D eigenvalue weighted by molar-refractivity contribution is 5.20. The lowest BCUT2D eigenvalue weighted by molar-refractivity contribution is 0.274. The van der Waals surface area contributed by atoms with E-state index in [9.17, 15) is 0 Å². The Morgan fingerprint density at radius 2 is 1.88 bits per heavy atom. The van der Waals surface area contributed by atoms with Crippen molar-refractivity contribution in [2.45, 2.75) is 39.2 Å². The van der Waals surface area contributed by atoms with Crippen LogP contribution in [-0.4, -0.2) is 12.6 Å². The molecular formula is C14H23NO. The van der Waals surface area contributed by atoms with Gasteiger partial charge in [-0.25, -0.2) is 0 Å². The molecule has 0 radical (unpaired) electrons. The van der Waals surface area contributed by atoms with Crippen molar-refractivity contribution in [3.8, 4) is 5.75 Å². The zero-order chi connectivity index (χ0) is 11.8. The lowest BCUT2D eigenvalue weighted by Gasteiger charge is -2.19. The van der Waals surface area contributed by atoms with E-state index in [2.05, 4.69) is 13.8 Å². The minimum Gasteiger partial charge on any atom is -0.494 e. The van der Waals surface area contributed by atoms with Crippen molar-refractivity contribution in [2.24, 2.45) is 11.7 Å². The molecule has 2 heteroatoms. The zero-order valence-corrected chi connectivity index (χ0v) is 10.4. The third-order valence-corrected chi connectivity index (χ3v) is 2.94. The van der Waals surface area contributed by atoms with Crippen molar-refractivity contribution in [1.82, 2.24) is 0 Å². The van der Waals surface area contributed by atoms with Crippen LogP contribution in [0, 0.1) is 5.92 Å². The number of para-hydroxylation sites is 1. The Kier molecular flexibility index (Phi) is 5.94. The van der Waals surface area contributed by atoms with E-state index in [1.165, 1.54) is 12.8 Å². The Hall–Kier alpha value is -1.02. The summed E-state index contributed by atoms with van der Waals surface area (Å²) in [7, 11) is 0. The molecule has 1 aromatic carbocycles. The molecule has 0 aliphatic rings. The molecule has 0 amide bonds. The first-order valence-corrected chi connectivity index (χ1v) is 6.17. The second-order valence-electron chi connectivity index (χ2n) is 4.38. The van der Waals surface area contributed by atoms with Crippen LogP contribution in [0.4, 0.5) is 0 Å². The molecule has 2 unspecified atom stereocenters. The van der Waals surface area contributed by atoms with Crippen LogP contribution in [0.15, 0.2) is 30.3 Å². The van der Waals surface area contributed by atoms with Crippen molar-refractivity contribution in [1.29, 1.82) is 0 Å². The monoisotopic (exact) mass is 221 g/mol. The van der Waals surface area contributed by atoms with Crippen LogP contribution in [0.5, 0.6) is 5.75 Å². The maximum Gasteiger partial charge on any atom is 0.119 e. The van der Waals surface area contributed by atoms with Crippen LogP contribution in [-0.2, 0) is 0 Å². The van der Waals surface area contributed by atoms with Crippen molar-refractivity contribution in [3.63, 3.8) is 0 Å². The largest absolute Gasteiger partial charge is 0.494 e. The molecule has 0 aliphatic heterocycles. The maximum atomic E-state index is 6.09. The van der Waals surface area contributed by atoms with E-state index >= 15 is 0 Å². The van der Waals surface area contributed by atoms with E-state index in [0.717, 1.165) is 12.2 Å². The highest BCUT2D eigenvalue weighted by Gasteiger charge is 2.11. The van der Waals surface area contributed by atoms with Crippen LogP contribution in [0.2, 0.25) is 0 Å². The molecule has 0 saturated heterocycles. The van der Waals surface area contributed by atoms with Gasteiger partial charge in [0.15, 0.2) is 0 Å². The fourth-order valence-electron chi connectivity index (χ4n) is 1.78. The summed E-state index contributed by atoms with van der Waals surface area (Å²) in [5, 5.41) is 0. The van der Waals surface area contributed by atoms with Gasteiger partial charge >= 0.3 is 0 Å². The van der Waals surface area contributed by atoms with E-state index in [-0.39, 0.29) is 6.04 Å². The molecule has 90 valence electrons. The molecule has 1 rings (SSSR count). The minimum atomic E-state index is 0.253. The van der Waals surface area contributed by atoms with Crippen LogP contribution < -0.4 is 10.5 Å². The van der Waals surface area contributed by atoms with Gasteiger partial charge in [0.25, 0.3) is 0 Å². The van der Waals surface area contributed by atoms with Gasteiger partial charge in [0.2, 0.25) is 0 Å². The number of hydrogen-bond donors (Lipinski definition) is 1. The minimum absolute atomic E-state index is 0.253. The van der Waals surface area contributed by atoms with Gasteiger partial charge in [-0.1, -0.05) is 38.5 Å². The average Bonchev–Trinajstić information content (AvgIpc) is 2.30. The normalized spacial score (nSPS) is 14.4. The second-order valence-corrected chi connectivity index (χ2v) is 4.38. The predicted octanol–water partition coefficient (Wildman–Crippen LogP) is 3.22. The summed E-state index contributed by atoms with van der Waals surface area (Å²) in [6.45, 7) is 5.12. The Morgan fingerprint density at radius 1 is 1.19 bits per heavy atom. The lowest BCUT2D eigenvalue weighted by Crippen LogP contribution is -2.30. The van der Waals surface area contributed by atoms with E-state index < -0.39 is 0 Å². The SMILES string of the molecule is CCCC(C)C(N)CCOc1ccccc1. The third-order valence-electron chi connectivity index (χ3n) is 2.94. The maximum absolute atomic E-state index is 6.09. The number of hydrogen-bond acceptors (Lipinski definition) is 2. The van der Waals surface area contributed by atoms with E-state index in [0.29, 0.717) is 12.5 Å². The summed E-state index contributed by atoms with van der Waals surface area (Å²) in [6.07, 6.45) is 3.33.